The average molecular weight is 334 g/mol. The van der Waals surface area contributed by atoms with Crippen LogP contribution in [0.1, 0.15) is 17.2 Å². The lowest BCUT2D eigenvalue weighted by Gasteiger charge is -2.14. The first-order chi connectivity index (χ1) is 8.50. The summed E-state index contributed by atoms with van der Waals surface area (Å²) in [6.45, 7) is 0. The molecule has 2 rings (SSSR count). The molecule has 0 saturated heterocycles. The van der Waals surface area contributed by atoms with Gasteiger partial charge in [0.05, 0.1) is 4.47 Å². The van der Waals surface area contributed by atoms with Crippen molar-refractivity contribution in [2.24, 2.45) is 0 Å². The highest BCUT2D eigenvalue weighted by molar-refractivity contribution is 9.10. The topological polar surface area (TPSA) is 20.2 Å². The molecule has 0 saturated carbocycles. The maximum atomic E-state index is 13.8. The van der Waals surface area contributed by atoms with Crippen molar-refractivity contribution < 1.29 is 13.9 Å². The Labute approximate surface area is 116 Å². The molecule has 0 amide bonds. The van der Waals surface area contributed by atoms with E-state index in [0.717, 1.165) is 6.07 Å². The summed E-state index contributed by atoms with van der Waals surface area (Å²) < 4.78 is 27.2. The highest BCUT2D eigenvalue weighted by atomic mass is 79.9. The van der Waals surface area contributed by atoms with Crippen molar-refractivity contribution in [2.45, 2.75) is 6.10 Å². The third kappa shape index (κ3) is 2.55. The van der Waals surface area contributed by atoms with Crippen LogP contribution in [0.5, 0.6) is 0 Å². The van der Waals surface area contributed by atoms with Crippen LogP contribution in [0.3, 0.4) is 0 Å². The zero-order chi connectivity index (χ0) is 13.3. The summed E-state index contributed by atoms with van der Waals surface area (Å²) in [6, 6.07) is 8.11. The van der Waals surface area contributed by atoms with Crippen LogP contribution in [0.4, 0.5) is 8.78 Å². The monoisotopic (exact) mass is 332 g/mol. The van der Waals surface area contributed by atoms with E-state index in [1.165, 1.54) is 24.3 Å². The number of aliphatic hydroxyl groups excluding tert-OH is 1. The molecule has 1 unspecified atom stereocenters. The van der Waals surface area contributed by atoms with Crippen molar-refractivity contribution in [1.29, 1.82) is 0 Å². The number of benzene rings is 2. The summed E-state index contributed by atoms with van der Waals surface area (Å²) in [5, 5.41) is 10.3. The molecule has 0 heterocycles. The van der Waals surface area contributed by atoms with Gasteiger partial charge in [0.2, 0.25) is 0 Å². The van der Waals surface area contributed by atoms with Gasteiger partial charge in [-0.05, 0) is 40.2 Å². The number of hydrogen-bond donors (Lipinski definition) is 1. The van der Waals surface area contributed by atoms with E-state index in [4.69, 9.17) is 11.6 Å². The molecule has 0 fully saturated rings. The van der Waals surface area contributed by atoms with E-state index in [1.54, 1.807) is 6.07 Å². The molecule has 94 valence electrons. The number of aliphatic hydroxyl groups is 1. The van der Waals surface area contributed by atoms with Crippen LogP contribution in [0.15, 0.2) is 40.9 Å². The minimum Gasteiger partial charge on any atom is -0.383 e. The molecular formula is C13H8BrClF2O. The third-order valence-electron chi connectivity index (χ3n) is 2.53. The fourth-order valence-corrected chi connectivity index (χ4v) is 2.23. The van der Waals surface area contributed by atoms with Crippen molar-refractivity contribution in [1.82, 2.24) is 0 Å². The van der Waals surface area contributed by atoms with Crippen molar-refractivity contribution in [3.8, 4) is 0 Å². The molecule has 0 aliphatic heterocycles. The molecule has 2 aromatic rings. The molecule has 1 nitrogen and oxygen atoms in total. The lowest BCUT2D eigenvalue weighted by Crippen LogP contribution is -2.04. The van der Waals surface area contributed by atoms with Crippen LogP contribution in [-0.4, -0.2) is 5.11 Å². The minimum absolute atomic E-state index is 0.0388. The van der Waals surface area contributed by atoms with E-state index in [0.29, 0.717) is 0 Å². The third-order valence-corrected chi connectivity index (χ3v) is 3.49. The largest absolute Gasteiger partial charge is 0.383 e. The van der Waals surface area contributed by atoms with Crippen LogP contribution in [0.2, 0.25) is 5.02 Å². The minimum atomic E-state index is -1.31. The van der Waals surface area contributed by atoms with Gasteiger partial charge in [-0.25, -0.2) is 8.78 Å². The van der Waals surface area contributed by atoms with Gasteiger partial charge in [0.25, 0.3) is 0 Å². The molecule has 0 radical (unpaired) electrons. The van der Waals surface area contributed by atoms with Crippen LogP contribution in [-0.2, 0) is 0 Å². The Morgan fingerprint density at radius 2 is 1.83 bits per heavy atom. The first-order valence-electron chi connectivity index (χ1n) is 5.07. The van der Waals surface area contributed by atoms with Gasteiger partial charge in [0.15, 0.2) is 0 Å². The number of rotatable bonds is 2. The maximum absolute atomic E-state index is 13.8. The van der Waals surface area contributed by atoms with E-state index >= 15 is 0 Å². The maximum Gasteiger partial charge on any atom is 0.143 e. The Morgan fingerprint density at radius 1 is 1.11 bits per heavy atom. The molecular weight excluding hydrogens is 325 g/mol. The Balaban J connectivity index is 2.51. The SMILES string of the molecule is OC(c1cc(F)ccc1Cl)c1cccc(Br)c1F. The Hall–Kier alpha value is -0.970. The first kappa shape index (κ1) is 13.5. The highest BCUT2D eigenvalue weighted by Gasteiger charge is 2.19. The summed E-state index contributed by atoms with van der Waals surface area (Å²) in [5.41, 5.74) is 0.172. The van der Waals surface area contributed by atoms with Crippen molar-refractivity contribution in [3.05, 3.63) is 68.7 Å². The zero-order valence-corrected chi connectivity index (χ0v) is 11.3. The van der Waals surface area contributed by atoms with E-state index < -0.39 is 17.7 Å². The second kappa shape index (κ2) is 5.34. The molecule has 5 heteroatoms. The van der Waals surface area contributed by atoms with Crippen molar-refractivity contribution in [2.75, 3.05) is 0 Å². The Morgan fingerprint density at radius 3 is 2.56 bits per heavy atom. The molecule has 1 N–H and O–H groups in total. The molecule has 0 aliphatic rings. The predicted octanol–water partition coefficient (Wildman–Crippen LogP) is 4.46. The van der Waals surface area contributed by atoms with Gasteiger partial charge < -0.3 is 5.11 Å². The summed E-state index contributed by atoms with van der Waals surface area (Å²) in [4.78, 5) is 0. The van der Waals surface area contributed by atoms with Gasteiger partial charge in [-0.15, -0.1) is 0 Å². The number of halogens is 4. The average Bonchev–Trinajstić information content (AvgIpc) is 2.35. The molecule has 0 aromatic heterocycles. The van der Waals surface area contributed by atoms with E-state index in [2.05, 4.69) is 15.9 Å². The predicted molar refractivity (Wildman–Crippen MR) is 69.6 cm³/mol. The fourth-order valence-electron chi connectivity index (χ4n) is 1.62. The summed E-state index contributed by atoms with van der Waals surface area (Å²) in [5.74, 6) is -1.13. The van der Waals surface area contributed by atoms with Gasteiger partial charge in [0.1, 0.15) is 17.7 Å². The zero-order valence-electron chi connectivity index (χ0n) is 9.00. The quantitative estimate of drug-likeness (QED) is 0.860. The second-order valence-electron chi connectivity index (χ2n) is 3.71. The van der Waals surface area contributed by atoms with Crippen LogP contribution in [0, 0.1) is 11.6 Å². The lowest BCUT2D eigenvalue weighted by molar-refractivity contribution is 0.214. The standard InChI is InChI=1S/C13H8BrClF2O/c14-10-3-1-2-8(12(10)17)13(18)9-6-7(16)4-5-11(9)15/h1-6,13,18H. The Bertz CT molecular complexity index is 587. The Kier molecular flexibility index (Phi) is 4.00. The summed E-state index contributed by atoms with van der Waals surface area (Å²) in [7, 11) is 0. The van der Waals surface area contributed by atoms with Crippen LogP contribution in [0.25, 0.3) is 0 Å². The van der Waals surface area contributed by atoms with Crippen molar-refractivity contribution >= 4 is 27.5 Å². The van der Waals surface area contributed by atoms with Gasteiger partial charge in [0, 0.05) is 16.1 Å². The second-order valence-corrected chi connectivity index (χ2v) is 4.97. The number of hydrogen-bond acceptors (Lipinski definition) is 1. The molecule has 0 aliphatic carbocycles. The molecule has 1 atom stereocenters. The molecule has 0 bridgehead atoms. The lowest BCUT2D eigenvalue weighted by atomic mass is 10.0. The van der Waals surface area contributed by atoms with Gasteiger partial charge in [-0.3, -0.25) is 0 Å². The van der Waals surface area contributed by atoms with E-state index in [-0.39, 0.29) is 20.6 Å². The first-order valence-corrected chi connectivity index (χ1v) is 6.24. The summed E-state index contributed by atoms with van der Waals surface area (Å²) in [6.07, 6.45) is -1.31. The van der Waals surface area contributed by atoms with Gasteiger partial charge in [-0.2, -0.15) is 0 Å². The molecule has 2 aromatic carbocycles. The fraction of sp³-hybridized carbons (Fsp3) is 0.0769. The highest BCUT2D eigenvalue weighted by Crippen LogP contribution is 2.32. The molecule has 0 spiro atoms. The van der Waals surface area contributed by atoms with Crippen molar-refractivity contribution in [3.63, 3.8) is 0 Å². The normalized spacial score (nSPS) is 12.5. The smallest absolute Gasteiger partial charge is 0.143 e. The van der Waals surface area contributed by atoms with E-state index in [1.807, 2.05) is 0 Å². The van der Waals surface area contributed by atoms with Gasteiger partial charge in [-0.1, -0.05) is 23.7 Å². The molecule has 18 heavy (non-hydrogen) atoms. The van der Waals surface area contributed by atoms with E-state index in [9.17, 15) is 13.9 Å². The van der Waals surface area contributed by atoms with Crippen LogP contribution >= 0.6 is 27.5 Å². The van der Waals surface area contributed by atoms with Gasteiger partial charge >= 0.3 is 0 Å². The van der Waals surface area contributed by atoms with Crippen LogP contribution < -0.4 is 0 Å². The summed E-state index contributed by atoms with van der Waals surface area (Å²) >= 11 is 8.90.